The largest absolute Gasteiger partial charge is 0.426 e. The fourth-order valence-electron chi connectivity index (χ4n) is 3.86. The Morgan fingerprint density at radius 3 is 2.50 bits per heavy atom. The van der Waals surface area contributed by atoms with E-state index in [0.717, 1.165) is 31.2 Å². The van der Waals surface area contributed by atoms with Crippen molar-refractivity contribution in [3.05, 3.63) is 29.8 Å². The van der Waals surface area contributed by atoms with E-state index < -0.39 is 11.0 Å². The molecule has 0 spiro atoms. The highest BCUT2D eigenvalue weighted by molar-refractivity contribution is 5.78. The van der Waals surface area contributed by atoms with Crippen molar-refractivity contribution in [2.75, 3.05) is 0 Å². The Balaban J connectivity index is 1.72. The second-order valence-electron chi connectivity index (χ2n) is 7.66. The van der Waals surface area contributed by atoms with Crippen molar-refractivity contribution in [2.45, 2.75) is 58.5 Å². The van der Waals surface area contributed by atoms with Crippen LogP contribution in [0.2, 0.25) is 0 Å². The van der Waals surface area contributed by atoms with Crippen molar-refractivity contribution in [2.24, 2.45) is 17.3 Å². The molecule has 3 unspecified atom stereocenters. The molecule has 0 aliphatic heterocycles. The second-order valence-corrected chi connectivity index (χ2v) is 7.66. The average Bonchev–Trinajstić information content (AvgIpc) is 3.08. The van der Waals surface area contributed by atoms with E-state index >= 15 is 0 Å². The molecule has 22 heavy (non-hydrogen) atoms. The quantitative estimate of drug-likeness (QED) is 0.674. The molecule has 0 aromatic heterocycles. The van der Waals surface area contributed by atoms with Crippen LogP contribution in [-0.2, 0) is 10.4 Å². The summed E-state index contributed by atoms with van der Waals surface area (Å²) < 4.78 is 5.46. The maximum atomic E-state index is 12.1. The lowest BCUT2D eigenvalue weighted by Crippen LogP contribution is -2.32. The number of hydrogen-bond acceptors (Lipinski definition) is 3. The zero-order chi connectivity index (χ0) is 16.0. The first-order chi connectivity index (χ1) is 10.3. The van der Waals surface area contributed by atoms with Gasteiger partial charge in [0.25, 0.3) is 0 Å². The van der Waals surface area contributed by atoms with Crippen molar-refractivity contribution in [3.63, 3.8) is 0 Å². The van der Waals surface area contributed by atoms with Gasteiger partial charge in [0, 0.05) is 0 Å². The van der Waals surface area contributed by atoms with Gasteiger partial charge < -0.3 is 9.84 Å². The van der Waals surface area contributed by atoms with E-state index in [1.807, 2.05) is 45.0 Å². The number of carbonyl (C=O) groups excluding carboxylic acids is 1. The molecule has 0 saturated heterocycles. The molecule has 2 bridgehead atoms. The van der Waals surface area contributed by atoms with Crippen molar-refractivity contribution in [1.82, 2.24) is 0 Å². The molecular weight excluding hydrogens is 276 g/mol. The normalized spacial score (nSPS) is 30.5. The molecule has 2 aliphatic rings. The number of benzene rings is 1. The van der Waals surface area contributed by atoms with Crippen LogP contribution in [0.25, 0.3) is 0 Å². The Bertz CT molecular complexity index is 561. The Morgan fingerprint density at radius 1 is 1.32 bits per heavy atom. The van der Waals surface area contributed by atoms with Crippen LogP contribution in [0.3, 0.4) is 0 Å². The molecule has 3 rings (SSSR count). The Hall–Kier alpha value is -1.35. The monoisotopic (exact) mass is 302 g/mol. The van der Waals surface area contributed by atoms with Crippen LogP contribution in [0, 0.1) is 17.3 Å². The van der Waals surface area contributed by atoms with E-state index in [0.29, 0.717) is 17.6 Å². The lowest BCUT2D eigenvalue weighted by atomic mass is 9.79. The molecule has 120 valence electrons. The van der Waals surface area contributed by atoms with Gasteiger partial charge in [0.2, 0.25) is 0 Å². The lowest BCUT2D eigenvalue weighted by Gasteiger charge is -2.33. The summed E-state index contributed by atoms with van der Waals surface area (Å²) in [7, 11) is 0. The molecule has 2 aliphatic carbocycles. The number of fused-ring (bicyclic) bond motifs is 2. The maximum absolute atomic E-state index is 12.1. The summed E-state index contributed by atoms with van der Waals surface area (Å²) in [5.74, 6) is 1.42. The first-order valence-electron chi connectivity index (χ1n) is 8.40. The molecule has 3 nitrogen and oxygen atoms in total. The molecule has 1 aromatic rings. The van der Waals surface area contributed by atoms with Gasteiger partial charge in [0.15, 0.2) is 0 Å². The molecule has 2 fully saturated rings. The number of carbonyl (C=O) groups is 1. The molecule has 3 atom stereocenters. The minimum absolute atomic E-state index is 0.207. The Labute approximate surface area is 132 Å². The molecule has 2 saturated carbocycles. The van der Waals surface area contributed by atoms with Crippen LogP contribution in [0.4, 0.5) is 0 Å². The van der Waals surface area contributed by atoms with Crippen LogP contribution in [0.5, 0.6) is 5.75 Å². The highest BCUT2D eigenvalue weighted by Crippen LogP contribution is 2.55. The molecule has 0 amide bonds. The smallest absolute Gasteiger partial charge is 0.316 e. The number of rotatable bonds is 4. The van der Waals surface area contributed by atoms with Crippen molar-refractivity contribution in [3.8, 4) is 5.75 Å². The van der Waals surface area contributed by atoms with Crippen LogP contribution >= 0.6 is 0 Å². The summed E-state index contributed by atoms with van der Waals surface area (Å²) in [5.41, 5.74) is -0.176. The standard InChI is InChI=1S/C19H26O3/c1-4-18(2,3)17(20)22-16-9-7-14(8-10-16)19(21)12-13-5-6-15(19)11-13/h7-10,13,15,21H,4-6,11-12H2,1-3H3. The third-order valence-corrected chi connectivity index (χ3v) is 5.82. The summed E-state index contributed by atoms with van der Waals surface area (Å²) in [6, 6.07) is 7.45. The summed E-state index contributed by atoms with van der Waals surface area (Å²) in [4.78, 5) is 12.1. The summed E-state index contributed by atoms with van der Waals surface area (Å²) in [6.07, 6.45) is 5.15. The fraction of sp³-hybridized carbons (Fsp3) is 0.632. The van der Waals surface area contributed by atoms with Gasteiger partial charge in [-0.2, -0.15) is 0 Å². The van der Waals surface area contributed by atoms with E-state index in [1.165, 1.54) is 6.42 Å². The number of hydrogen-bond donors (Lipinski definition) is 1. The van der Waals surface area contributed by atoms with Crippen molar-refractivity contribution in [1.29, 1.82) is 0 Å². The highest BCUT2D eigenvalue weighted by atomic mass is 16.5. The van der Waals surface area contributed by atoms with Gasteiger partial charge in [0.05, 0.1) is 11.0 Å². The van der Waals surface area contributed by atoms with Gasteiger partial charge in [-0.15, -0.1) is 0 Å². The van der Waals surface area contributed by atoms with E-state index in [9.17, 15) is 9.90 Å². The SMILES string of the molecule is CCC(C)(C)C(=O)Oc1ccc(C2(O)CC3CCC2C3)cc1. The summed E-state index contributed by atoms with van der Waals surface area (Å²) >= 11 is 0. The topological polar surface area (TPSA) is 46.5 Å². The third-order valence-electron chi connectivity index (χ3n) is 5.82. The molecular formula is C19H26O3. The van der Waals surface area contributed by atoms with Crippen molar-refractivity contribution < 1.29 is 14.6 Å². The Morgan fingerprint density at radius 2 is 2.00 bits per heavy atom. The number of esters is 1. The zero-order valence-electron chi connectivity index (χ0n) is 13.8. The van der Waals surface area contributed by atoms with Crippen molar-refractivity contribution >= 4 is 5.97 Å². The Kier molecular flexibility index (Phi) is 3.80. The van der Waals surface area contributed by atoms with E-state index in [1.54, 1.807) is 0 Å². The molecule has 1 N–H and O–H groups in total. The van der Waals surface area contributed by atoms with Crippen LogP contribution < -0.4 is 4.74 Å². The van der Waals surface area contributed by atoms with Gasteiger partial charge in [-0.05, 0) is 75.5 Å². The van der Waals surface area contributed by atoms with Gasteiger partial charge in [-0.3, -0.25) is 4.79 Å². The summed E-state index contributed by atoms with van der Waals surface area (Å²) in [6.45, 7) is 5.76. The first-order valence-corrected chi connectivity index (χ1v) is 8.40. The maximum Gasteiger partial charge on any atom is 0.316 e. The van der Waals surface area contributed by atoms with Crippen LogP contribution in [-0.4, -0.2) is 11.1 Å². The van der Waals surface area contributed by atoms with Gasteiger partial charge in [-0.25, -0.2) is 0 Å². The average molecular weight is 302 g/mol. The molecule has 0 heterocycles. The van der Waals surface area contributed by atoms with Crippen LogP contribution in [0.1, 0.15) is 58.4 Å². The predicted octanol–water partition coefficient (Wildman–Crippen LogP) is 4.04. The van der Waals surface area contributed by atoms with E-state index in [-0.39, 0.29) is 5.97 Å². The molecule has 3 heteroatoms. The zero-order valence-corrected chi connectivity index (χ0v) is 13.8. The van der Waals surface area contributed by atoms with Crippen LogP contribution in [0.15, 0.2) is 24.3 Å². The fourth-order valence-corrected chi connectivity index (χ4v) is 3.86. The third kappa shape index (κ3) is 2.56. The second kappa shape index (κ2) is 5.38. The predicted molar refractivity (Wildman–Crippen MR) is 85.5 cm³/mol. The van der Waals surface area contributed by atoms with Gasteiger partial charge in [0.1, 0.15) is 5.75 Å². The van der Waals surface area contributed by atoms with E-state index in [2.05, 4.69) is 0 Å². The minimum Gasteiger partial charge on any atom is -0.426 e. The minimum atomic E-state index is -0.672. The van der Waals surface area contributed by atoms with Gasteiger partial charge in [-0.1, -0.05) is 19.1 Å². The van der Waals surface area contributed by atoms with E-state index in [4.69, 9.17) is 4.74 Å². The first kappa shape index (κ1) is 15.5. The highest BCUT2D eigenvalue weighted by Gasteiger charge is 2.50. The molecule has 0 radical (unpaired) electrons. The molecule has 1 aromatic carbocycles. The summed E-state index contributed by atoms with van der Waals surface area (Å²) in [5, 5.41) is 11.0. The number of aliphatic hydroxyl groups is 1. The number of ether oxygens (including phenoxy) is 1. The lowest BCUT2D eigenvalue weighted by molar-refractivity contribution is -0.144. The van der Waals surface area contributed by atoms with Gasteiger partial charge >= 0.3 is 5.97 Å².